The maximum Gasteiger partial charge on any atom is 0.166 e. The van der Waals surface area contributed by atoms with Crippen LogP contribution in [0.5, 0.6) is 11.5 Å². The molecule has 2 rings (SSSR count). The smallest absolute Gasteiger partial charge is 0.166 e. The van der Waals surface area contributed by atoms with Gasteiger partial charge < -0.3 is 19.9 Å². The van der Waals surface area contributed by atoms with Crippen LogP contribution in [0.1, 0.15) is 30.4 Å². The van der Waals surface area contributed by atoms with Crippen LogP contribution in [0.25, 0.3) is 0 Å². The second-order valence-corrected chi connectivity index (χ2v) is 6.26. The van der Waals surface area contributed by atoms with Crippen molar-refractivity contribution in [2.75, 3.05) is 20.3 Å². The van der Waals surface area contributed by atoms with Gasteiger partial charge in [-0.05, 0) is 49.6 Å². The van der Waals surface area contributed by atoms with E-state index in [2.05, 4.69) is 5.32 Å². The summed E-state index contributed by atoms with van der Waals surface area (Å²) in [6.07, 6.45) is 2.93. The van der Waals surface area contributed by atoms with Gasteiger partial charge in [-0.2, -0.15) is 0 Å². The Bertz CT molecular complexity index is 635. The molecular formula is C20H27Cl2NO3. The van der Waals surface area contributed by atoms with E-state index in [-0.39, 0.29) is 19.0 Å². The molecule has 2 N–H and O–H groups in total. The first-order valence-corrected chi connectivity index (χ1v) is 8.97. The number of nitrogens with one attached hydrogen (secondary N) is 1. The standard InChI is InChI=1S/C20H26ClNO3.ClH/c1-24-19-7-5-6-17(14-22-12-3-2-4-13-23)20(19)25-15-16-8-10-18(21)11-9-16;/h5-11,22-23H,2-4,12-15H2,1H3;1H. The number of halogens is 2. The lowest BCUT2D eigenvalue weighted by atomic mass is 10.1. The third-order valence-electron chi connectivity index (χ3n) is 3.90. The number of rotatable bonds is 11. The summed E-state index contributed by atoms with van der Waals surface area (Å²) in [7, 11) is 1.65. The number of ether oxygens (including phenoxy) is 2. The van der Waals surface area contributed by atoms with E-state index in [4.69, 9.17) is 26.2 Å². The topological polar surface area (TPSA) is 50.7 Å². The summed E-state index contributed by atoms with van der Waals surface area (Å²) in [5.74, 6) is 1.50. The summed E-state index contributed by atoms with van der Waals surface area (Å²) in [6, 6.07) is 13.5. The van der Waals surface area contributed by atoms with Crippen molar-refractivity contribution in [1.29, 1.82) is 0 Å². The summed E-state index contributed by atoms with van der Waals surface area (Å²) in [5, 5.41) is 12.9. The first kappa shape index (κ1) is 22.6. The van der Waals surface area contributed by atoms with E-state index in [9.17, 15) is 0 Å². The van der Waals surface area contributed by atoms with Gasteiger partial charge in [0.2, 0.25) is 0 Å². The molecule has 0 atom stereocenters. The summed E-state index contributed by atoms with van der Waals surface area (Å²) in [5.41, 5.74) is 2.12. The Labute approximate surface area is 166 Å². The molecule has 0 fully saturated rings. The zero-order valence-corrected chi connectivity index (χ0v) is 16.6. The van der Waals surface area contributed by atoms with Crippen LogP contribution in [-0.2, 0) is 13.2 Å². The Kier molecular flexibility index (Phi) is 11.1. The fraction of sp³-hybridized carbons (Fsp3) is 0.400. The predicted molar refractivity (Wildman–Crippen MR) is 109 cm³/mol. The van der Waals surface area contributed by atoms with Crippen LogP contribution in [0.3, 0.4) is 0 Å². The van der Waals surface area contributed by atoms with Gasteiger partial charge in [-0.15, -0.1) is 12.4 Å². The van der Waals surface area contributed by atoms with Crippen molar-refractivity contribution in [3.8, 4) is 11.5 Å². The van der Waals surface area contributed by atoms with E-state index in [0.29, 0.717) is 18.2 Å². The van der Waals surface area contributed by atoms with Gasteiger partial charge in [0.1, 0.15) is 6.61 Å². The first-order chi connectivity index (χ1) is 12.2. The highest BCUT2D eigenvalue weighted by atomic mass is 35.5. The lowest BCUT2D eigenvalue weighted by Crippen LogP contribution is -2.16. The number of para-hydroxylation sites is 1. The van der Waals surface area contributed by atoms with Gasteiger partial charge in [-0.3, -0.25) is 0 Å². The van der Waals surface area contributed by atoms with Crippen LogP contribution in [0.2, 0.25) is 5.02 Å². The highest BCUT2D eigenvalue weighted by Gasteiger charge is 2.10. The Hall–Kier alpha value is -1.46. The summed E-state index contributed by atoms with van der Waals surface area (Å²) < 4.78 is 11.5. The van der Waals surface area contributed by atoms with Crippen molar-refractivity contribution in [3.63, 3.8) is 0 Å². The van der Waals surface area contributed by atoms with Crippen LogP contribution in [0, 0.1) is 0 Å². The molecule has 0 amide bonds. The van der Waals surface area contributed by atoms with Crippen molar-refractivity contribution in [3.05, 3.63) is 58.6 Å². The number of aliphatic hydroxyl groups excluding tert-OH is 1. The molecule has 6 heteroatoms. The number of benzene rings is 2. The molecule has 4 nitrogen and oxygen atoms in total. The molecule has 144 valence electrons. The molecule has 0 saturated heterocycles. The second-order valence-electron chi connectivity index (χ2n) is 5.82. The largest absolute Gasteiger partial charge is 0.493 e. The maximum atomic E-state index is 8.80. The van der Waals surface area contributed by atoms with Crippen LogP contribution >= 0.6 is 24.0 Å². The molecule has 0 bridgehead atoms. The number of hydrogen-bond donors (Lipinski definition) is 2. The molecule has 0 heterocycles. The fourth-order valence-electron chi connectivity index (χ4n) is 2.52. The first-order valence-electron chi connectivity index (χ1n) is 8.59. The highest BCUT2D eigenvalue weighted by molar-refractivity contribution is 6.30. The van der Waals surface area contributed by atoms with E-state index in [1.165, 1.54) is 0 Å². The molecule has 2 aromatic rings. The Morgan fingerprint density at radius 2 is 1.81 bits per heavy atom. The molecule has 0 saturated carbocycles. The molecule has 0 aromatic heterocycles. The molecule has 26 heavy (non-hydrogen) atoms. The van der Waals surface area contributed by atoms with Crippen LogP contribution in [-0.4, -0.2) is 25.4 Å². The molecule has 0 radical (unpaired) electrons. The van der Waals surface area contributed by atoms with Crippen molar-refractivity contribution in [2.24, 2.45) is 0 Å². The maximum absolute atomic E-state index is 8.80. The van der Waals surface area contributed by atoms with E-state index in [1.54, 1.807) is 7.11 Å². The fourth-order valence-corrected chi connectivity index (χ4v) is 2.65. The minimum atomic E-state index is 0. The molecule has 2 aromatic carbocycles. The third-order valence-corrected chi connectivity index (χ3v) is 4.16. The predicted octanol–water partition coefficient (Wildman–Crippen LogP) is 4.60. The monoisotopic (exact) mass is 399 g/mol. The molecule has 0 aliphatic rings. The average Bonchev–Trinajstić information content (AvgIpc) is 2.64. The van der Waals surface area contributed by atoms with Gasteiger partial charge in [-0.25, -0.2) is 0 Å². The van der Waals surface area contributed by atoms with Crippen LogP contribution in [0.4, 0.5) is 0 Å². The van der Waals surface area contributed by atoms with E-state index in [0.717, 1.165) is 48.4 Å². The molecule has 0 aliphatic carbocycles. The van der Waals surface area contributed by atoms with Crippen molar-refractivity contribution in [2.45, 2.75) is 32.4 Å². The van der Waals surface area contributed by atoms with Crippen molar-refractivity contribution in [1.82, 2.24) is 5.32 Å². The highest BCUT2D eigenvalue weighted by Crippen LogP contribution is 2.31. The van der Waals surface area contributed by atoms with Crippen molar-refractivity contribution < 1.29 is 14.6 Å². The lowest BCUT2D eigenvalue weighted by molar-refractivity contribution is 0.279. The lowest BCUT2D eigenvalue weighted by Gasteiger charge is -2.16. The molecule has 0 unspecified atom stereocenters. The van der Waals surface area contributed by atoms with E-state index >= 15 is 0 Å². The van der Waals surface area contributed by atoms with Gasteiger partial charge in [0.25, 0.3) is 0 Å². The van der Waals surface area contributed by atoms with Gasteiger partial charge in [-0.1, -0.05) is 35.9 Å². The van der Waals surface area contributed by atoms with E-state index < -0.39 is 0 Å². The number of methoxy groups -OCH3 is 1. The van der Waals surface area contributed by atoms with Gasteiger partial charge in [0, 0.05) is 23.7 Å². The zero-order chi connectivity index (χ0) is 17.9. The SMILES string of the molecule is COc1cccc(CNCCCCCO)c1OCc1ccc(Cl)cc1.Cl. The quantitative estimate of drug-likeness (QED) is 0.542. The Balaban J connectivity index is 0.00000338. The minimum Gasteiger partial charge on any atom is -0.493 e. The Morgan fingerprint density at radius 1 is 1.04 bits per heavy atom. The number of unbranched alkanes of at least 4 members (excludes halogenated alkanes) is 2. The van der Waals surface area contributed by atoms with Crippen LogP contribution in [0.15, 0.2) is 42.5 Å². The Morgan fingerprint density at radius 3 is 2.50 bits per heavy atom. The van der Waals surface area contributed by atoms with Crippen LogP contribution < -0.4 is 14.8 Å². The molecule has 0 spiro atoms. The third kappa shape index (κ3) is 7.42. The van der Waals surface area contributed by atoms with Gasteiger partial charge >= 0.3 is 0 Å². The minimum absolute atomic E-state index is 0. The van der Waals surface area contributed by atoms with E-state index in [1.807, 2.05) is 42.5 Å². The van der Waals surface area contributed by atoms with Gasteiger partial charge in [0.15, 0.2) is 11.5 Å². The van der Waals surface area contributed by atoms with Crippen molar-refractivity contribution >= 4 is 24.0 Å². The second kappa shape index (κ2) is 12.8. The average molecular weight is 400 g/mol. The number of aliphatic hydroxyl groups is 1. The summed E-state index contributed by atoms with van der Waals surface area (Å²) in [6.45, 7) is 2.35. The molecular weight excluding hydrogens is 373 g/mol. The summed E-state index contributed by atoms with van der Waals surface area (Å²) in [4.78, 5) is 0. The molecule has 0 aliphatic heterocycles. The number of hydrogen-bond acceptors (Lipinski definition) is 4. The normalized spacial score (nSPS) is 10.3. The van der Waals surface area contributed by atoms with Gasteiger partial charge in [0.05, 0.1) is 7.11 Å². The summed E-state index contributed by atoms with van der Waals surface area (Å²) >= 11 is 5.92. The zero-order valence-electron chi connectivity index (χ0n) is 15.0.